The van der Waals surface area contributed by atoms with Gasteiger partial charge in [0.25, 0.3) is 5.91 Å². The Morgan fingerprint density at radius 1 is 1.05 bits per heavy atom. The summed E-state index contributed by atoms with van der Waals surface area (Å²) in [4.78, 5) is 11.9. The van der Waals surface area contributed by atoms with Crippen LogP contribution >= 0.6 is 0 Å². The van der Waals surface area contributed by atoms with E-state index in [4.69, 9.17) is 5.11 Å². The summed E-state index contributed by atoms with van der Waals surface area (Å²) in [6.07, 6.45) is 0. The SMILES string of the molecule is Cc1cc(NC(=O)c2cc(O)c(O)cc2F)ccc1O. The Balaban J connectivity index is 2.28. The maximum absolute atomic E-state index is 13.6. The minimum absolute atomic E-state index is 0.0801. The third-order valence-corrected chi connectivity index (χ3v) is 2.76. The average Bonchev–Trinajstić information content (AvgIpc) is 2.38. The largest absolute Gasteiger partial charge is 0.508 e. The predicted molar refractivity (Wildman–Crippen MR) is 70.5 cm³/mol. The molecule has 1 amide bonds. The summed E-state index contributed by atoms with van der Waals surface area (Å²) in [5, 5.41) is 30.2. The lowest BCUT2D eigenvalue weighted by Gasteiger charge is -2.08. The molecule has 5 nitrogen and oxygen atoms in total. The lowest BCUT2D eigenvalue weighted by Crippen LogP contribution is -2.13. The molecule has 0 aliphatic heterocycles. The summed E-state index contributed by atoms with van der Waals surface area (Å²) in [6, 6.07) is 5.87. The number of rotatable bonds is 2. The van der Waals surface area contributed by atoms with E-state index < -0.39 is 28.8 Å². The molecule has 0 bridgehead atoms. The number of nitrogens with one attached hydrogen (secondary N) is 1. The van der Waals surface area contributed by atoms with Crippen LogP contribution in [0.2, 0.25) is 0 Å². The van der Waals surface area contributed by atoms with Crippen molar-refractivity contribution >= 4 is 11.6 Å². The van der Waals surface area contributed by atoms with Crippen LogP contribution in [-0.2, 0) is 0 Å². The fourth-order valence-corrected chi connectivity index (χ4v) is 1.66. The van der Waals surface area contributed by atoms with Crippen molar-refractivity contribution in [3.63, 3.8) is 0 Å². The van der Waals surface area contributed by atoms with E-state index in [0.29, 0.717) is 17.3 Å². The van der Waals surface area contributed by atoms with Crippen LogP contribution in [0, 0.1) is 12.7 Å². The topological polar surface area (TPSA) is 89.8 Å². The maximum atomic E-state index is 13.6. The van der Waals surface area contributed by atoms with E-state index in [1.54, 1.807) is 6.92 Å². The fourth-order valence-electron chi connectivity index (χ4n) is 1.66. The van der Waals surface area contributed by atoms with Crippen LogP contribution in [0.4, 0.5) is 10.1 Å². The van der Waals surface area contributed by atoms with Gasteiger partial charge >= 0.3 is 0 Å². The number of aromatic hydroxyl groups is 3. The van der Waals surface area contributed by atoms with Gasteiger partial charge in [0.2, 0.25) is 0 Å². The van der Waals surface area contributed by atoms with Crippen molar-refractivity contribution in [2.45, 2.75) is 6.92 Å². The van der Waals surface area contributed by atoms with Gasteiger partial charge in [0.1, 0.15) is 11.6 Å². The highest BCUT2D eigenvalue weighted by molar-refractivity contribution is 6.04. The van der Waals surface area contributed by atoms with Crippen LogP contribution in [0.15, 0.2) is 30.3 Å². The molecule has 2 rings (SSSR count). The standard InChI is InChI=1S/C14H12FNO4/c1-7-4-8(2-3-11(7)17)16-14(20)9-5-12(18)13(19)6-10(9)15/h2-6,17-19H,1H3,(H,16,20). The van der Waals surface area contributed by atoms with Gasteiger partial charge in [-0.15, -0.1) is 0 Å². The summed E-state index contributed by atoms with van der Waals surface area (Å²) in [7, 11) is 0. The lowest BCUT2D eigenvalue weighted by atomic mass is 10.1. The molecule has 0 heterocycles. The third kappa shape index (κ3) is 2.64. The lowest BCUT2D eigenvalue weighted by molar-refractivity contribution is 0.102. The zero-order chi connectivity index (χ0) is 14.9. The average molecular weight is 277 g/mol. The molecule has 0 unspecified atom stereocenters. The molecular weight excluding hydrogens is 265 g/mol. The number of anilines is 1. The number of amides is 1. The van der Waals surface area contributed by atoms with Crippen molar-refractivity contribution in [3.05, 3.63) is 47.3 Å². The number of carbonyl (C=O) groups excluding carboxylic acids is 1. The smallest absolute Gasteiger partial charge is 0.258 e. The molecule has 20 heavy (non-hydrogen) atoms. The molecule has 2 aromatic rings. The van der Waals surface area contributed by atoms with E-state index in [-0.39, 0.29) is 5.75 Å². The Morgan fingerprint density at radius 2 is 1.70 bits per heavy atom. The van der Waals surface area contributed by atoms with Gasteiger partial charge in [-0.1, -0.05) is 0 Å². The van der Waals surface area contributed by atoms with Gasteiger partial charge < -0.3 is 20.6 Å². The second kappa shape index (κ2) is 5.08. The summed E-state index contributed by atoms with van der Waals surface area (Å²) in [5.74, 6) is -2.87. The van der Waals surface area contributed by atoms with Crippen LogP contribution < -0.4 is 5.32 Å². The second-order valence-electron chi connectivity index (χ2n) is 4.28. The first-order valence-corrected chi connectivity index (χ1v) is 5.71. The second-order valence-corrected chi connectivity index (χ2v) is 4.28. The minimum Gasteiger partial charge on any atom is -0.508 e. The van der Waals surface area contributed by atoms with Crippen molar-refractivity contribution in [1.29, 1.82) is 0 Å². The third-order valence-electron chi connectivity index (χ3n) is 2.76. The van der Waals surface area contributed by atoms with E-state index in [9.17, 15) is 19.4 Å². The molecule has 6 heteroatoms. The first-order chi connectivity index (χ1) is 9.38. The molecule has 0 aliphatic rings. The van der Waals surface area contributed by atoms with Crippen molar-refractivity contribution in [1.82, 2.24) is 0 Å². The van der Waals surface area contributed by atoms with Gasteiger partial charge in [0.15, 0.2) is 11.5 Å². The molecule has 0 saturated heterocycles. The fraction of sp³-hybridized carbons (Fsp3) is 0.0714. The van der Waals surface area contributed by atoms with Crippen molar-refractivity contribution in [2.75, 3.05) is 5.32 Å². The van der Waals surface area contributed by atoms with Gasteiger partial charge in [-0.25, -0.2) is 4.39 Å². The molecule has 0 saturated carbocycles. The number of aryl methyl sites for hydroxylation is 1. The van der Waals surface area contributed by atoms with E-state index in [0.717, 1.165) is 6.07 Å². The zero-order valence-corrected chi connectivity index (χ0v) is 10.5. The monoisotopic (exact) mass is 277 g/mol. The summed E-state index contributed by atoms with van der Waals surface area (Å²) in [5.41, 5.74) is 0.528. The van der Waals surface area contributed by atoms with Crippen molar-refractivity contribution < 1.29 is 24.5 Å². The molecule has 4 N–H and O–H groups in total. The summed E-state index contributed by atoms with van der Waals surface area (Å²) >= 11 is 0. The molecular formula is C14H12FNO4. The van der Waals surface area contributed by atoms with Crippen LogP contribution in [0.3, 0.4) is 0 Å². The van der Waals surface area contributed by atoms with Gasteiger partial charge in [-0.2, -0.15) is 0 Å². The van der Waals surface area contributed by atoms with Crippen LogP contribution in [0.1, 0.15) is 15.9 Å². The number of hydrogen-bond donors (Lipinski definition) is 4. The molecule has 0 fully saturated rings. The number of hydrogen-bond acceptors (Lipinski definition) is 4. The Morgan fingerprint density at radius 3 is 2.35 bits per heavy atom. The summed E-state index contributed by atoms with van der Waals surface area (Å²) in [6.45, 7) is 1.65. The van der Waals surface area contributed by atoms with Crippen molar-refractivity contribution in [2.24, 2.45) is 0 Å². The van der Waals surface area contributed by atoms with Gasteiger partial charge in [0, 0.05) is 11.8 Å². The van der Waals surface area contributed by atoms with Crippen molar-refractivity contribution in [3.8, 4) is 17.2 Å². The molecule has 0 aromatic heterocycles. The van der Waals surface area contributed by atoms with E-state index in [2.05, 4.69) is 5.32 Å². The number of phenols is 3. The Bertz CT molecular complexity index is 685. The molecule has 0 aliphatic carbocycles. The van der Waals surface area contributed by atoms with Crippen LogP contribution in [-0.4, -0.2) is 21.2 Å². The van der Waals surface area contributed by atoms with E-state index in [1.807, 2.05) is 0 Å². The highest BCUT2D eigenvalue weighted by Gasteiger charge is 2.16. The number of carbonyl (C=O) groups is 1. The van der Waals surface area contributed by atoms with Crippen LogP contribution in [0.5, 0.6) is 17.2 Å². The first kappa shape index (κ1) is 13.7. The maximum Gasteiger partial charge on any atom is 0.258 e. The number of benzene rings is 2. The number of phenolic OH excluding ortho intramolecular Hbond substituents is 3. The number of halogens is 1. The summed E-state index contributed by atoms with van der Waals surface area (Å²) < 4.78 is 13.6. The first-order valence-electron chi connectivity index (χ1n) is 5.71. The molecule has 0 radical (unpaired) electrons. The Kier molecular flexibility index (Phi) is 3.47. The molecule has 0 atom stereocenters. The van der Waals surface area contributed by atoms with Crippen LogP contribution in [0.25, 0.3) is 0 Å². The van der Waals surface area contributed by atoms with E-state index in [1.165, 1.54) is 18.2 Å². The Labute approximate surface area is 113 Å². The quantitative estimate of drug-likeness (QED) is 0.501. The van der Waals surface area contributed by atoms with Gasteiger partial charge in [-0.05, 0) is 36.8 Å². The van der Waals surface area contributed by atoms with Gasteiger partial charge in [0.05, 0.1) is 5.56 Å². The van der Waals surface area contributed by atoms with E-state index >= 15 is 0 Å². The normalized spacial score (nSPS) is 10.3. The zero-order valence-electron chi connectivity index (χ0n) is 10.5. The minimum atomic E-state index is -0.951. The predicted octanol–water partition coefficient (Wildman–Crippen LogP) is 2.50. The highest BCUT2D eigenvalue weighted by atomic mass is 19.1. The molecule has 0 spiro atoms. The van der Waals surface area contributed by atoms with Gasteiger partial charge in [-0.3, -0.25) is 4.79 Å². The molecule has 2 aromatic carbocycles. The Hall–Kier alpha value is -2.76. The highest BCUT2D eigenvalue weighted by Crippen LogP contribution is 2.28. The molecule has 104 valence electrons.